The number of benzene rings is 1. The molecule has 8 nitrogen and oxygen atoms in total. The van der Waals surface area contributed by atoms with Crippen molar-refractivity contribution >= 4 is 40.6 Å². The summed E-state index contributed by atoms with van der Waals surface area (Å²) in [5, 5.41) is 21.7. The molecule has 1 rings (SSSR count). The normalized spacial score (nSPS) is 11.3. The molecule has 0 fully saturated rings. The highest BCUT2D eigenvalue weighted by Gasteiger charge is 2.18. The van der Waals surface area contributed by atoms with Crippen molar-refractivity contribution in [3.05, 3.63) is 36.9 Å². The first-order chi connectivity index (χ1) is 12.5. The van der Waals surface area contributed by atoms with Crippen LogP contribution in [0.3, 0.4) is 0 Å². The van der Waals surface area contributed by atoms with E-state index in [0.29, 0.717) is 36.2 Å². The van der Waals surface area contributed by atoms with E-state index in [2.05, 4.69) is 22.5 Å². The maximum absolute atomic E-state index is 12.1. The number of carboxylic acid groups (broad SMARTS) is 1. The number of nitrogens with two attached hydrogens (primary N) is 1. The first kappa shape index (κ1) is 21.6. The largest absolute Gasteiger partial charge is 0.544 e. The van der Waals surface area contributed by atoms with Crippen LogP contribution in [-0.2, 0) is 14.3 Å². The van der Waals surface area contributed by atoms with Crippen LogP contribution < -0.4 is 26.4 Å². The smallest absolute Gasteiger partial charge is 0.230 e. The lowest BCUT2D eigenvalue weighted by atomic mass is 10.2. The Bertz CT molecular complexity index is 639. The Morgan fingerprint density at radius 3 is 2.69 bits per heavy atom. The van der Waals surface area contributed by atoms with E-state index in [1.165, 1.54) is 12.4 Å². The van der Waals surface area contributed by atoms with Gasteiger partial charge in [0.25, 0.3) is 0 Å². The van der Waals surface area contributed by atoms with Crippen molar-refractivity contribution in [3.8, 4) is 0 Å². The van der Waals surface area contributed by atoms with Crippen LogP contribution in [0.25, 0.3) is 0 Å². The van der Waals surface area contributed by atoms with Crippen molar-refractivity contribution in [1.82, 2.24) is 5.32 Å². The Hall–Kier alpha value is -2.49. The SMILES string of the molecule is C=CCNC(=S)Nc1cccc(NC(=O)C[C@@H]([NH2+]CCOC)C(=O)[O-])c1. The van der Waals surface area contributed by atoms with Gasteiger partial charge in [-0.2, -0.15) is 0 Å². The lowest BCUT2D eigenvalue weighted by molar-refractivity contribution is -0.683. The molecule has 0 saturated carbocycles. The molecule has 0 spiro atoms. The molecule has 0 aliphatic heterocycles. The molecule has 0 heterocycles. The van der Waals surface area contributed by atoms with Crippen LogP contribution in [0, 0.1) is 0 Å². The number of carboxylic acids is 1. The number of thiocarbonyl (C=S) groups is 1. The summed E-state index contributed by atoms with van der Waals surface area (Å²) >= 11 is 5.12. The number of hydrogen-bond donors (Lipinski definition) is 4. The minimum atomic E-state index is -1.29. The number of carbonyl (C=O) groups excluding carboxylic acids is 2. The number of amides is 1. The summed E-state index contributed by atoms with van der Waals surface area (Å²) in [4.78, 5) is 23.3. The van der Waals surface area contributed by atoms with E-state index < -0.39 is 17.9 Å². The lowest BCUT2D eigenvalue weighted by Gasteiger charge is -2.16. The fourth-order valence-corrected chi connectivity index (χ4v) is 2.28. The van der Waals surface area contributed by atoms with Gasteiger partial charge in [-0.25, -0.2) is 0 Å². The number of anilines is 2. The van der Waals surface area contributed by atoms with E-state index in [1.54, 1.807) is 30.3 Å². The number of methoxy groups -OCH3 is 1. The van der Waals surface area contributed by atoms with Crippen LogP contribution in [0.2, 0.25) is 0 Å². The van der Waals surface area contributed by atoms with E-state index in [0.717, 1.165) is 0 Å². The second-order valence-corrected chi connectivity index (χ2v) is 5.81. The highest BCUT2D eigenvalue weighted by atomic mass is 32.1. The minimum absolute atomic E-state index is 0.205. The molecular weight excluding hydrogens is 356 g/mol. The van der Waals surface area contributed by atoms with Gasteiger partial charge in [0.2, 0.25) is 5.91 Å². The molecule has 0 radical (unpaired) electrons. The minimum Gasteiger partial charge on any atom is -0.544 e. The maximum atomic E-state index is 12.1. The quantitative estimate of drug-likeness (QED) is 0.217. The molecule has 9 heteroatoms. The molecule has 1 aromatic rings. The Kier molecular flexibility index (Phi) is 9.91. The molecule has 0 aromatic heterocycles. The van der Waals surface area contributed by atoms with Crippen molar-refractivity contribution in [2.24, 2.45) is 0 Å². The molecule has 142 valence electrons. The van der Waals surface area contributed by atoms with Gasteiger partial charge in [0.15, 0.2) is 5.11 Å². The third kappa shape index (κ3) is 8.56. The van der Waals surface area contributed by atoms with Crippen molar-refractivity contribution in [1.29, 1.82) is 0 Å². The first-order valence-electron chi connectivity index (χ1n) is 8.05. The topological polar surface area (TPSA) is 119 Å². The number of hydrogen-bond acceptors (Lipinski definition) is 5. The summed E-state index contributed by atoms with van der Waals surface area (Å²) in [6.45, 7) is 4.94. The average Bonchev–Trinajstić information content (AvgIpc) is 2.59. The van der Waals surface area contributed by atoms with Crippen molar-refractivity contribution in [2.45, 2.75) is 12.5 Å². The highest BCUT2D eigenvalue weighted by Crippen LogP contribution is 2.15. The van der Waals surface area contributed by atoms with E-state index in [-0.39, 0.29) is 6.42 Å². The second-order valence-electron chi connectivity index (χ2n) is 5.40. The molecule has 1 amide bonds. The monoisotopic (exact) mass is 380 g/mol. The second kappa shape index (κ2) is 12.0. The zero-order valence-electron chi connectivity index (χ0n) is 14.6. The molecule has 1 aromatic carbocycles. The molecule has 0 saturated heterocycles. The Balaban J connectivity index is 2.59. The van der Waals surface area contributed by atoms with E-state index in [9.17, 15) is 14.7 Å². The predicted octanol–water partition coefficient (Wildman–Crippen LogP) is -1.18. The van der Waals surface area contributed by atoms with E-state index in [1.807, 2.05) is 0 Å². The number of aliphatic carboxylic acids is 1. The fraction of sp³-hybridized carbons (Fsp3) is 0.353. The summed E-state index contributed by atoms with van der Waals surface area (Å²) in [5.41, 5.74) is 1.22. The molecule has 5 N–H and O–H groups in total. The average molecular weight is 380 g/mol. The fourth-order valence-electron chi connectivity index (χ4n) is 2.08. The van der Waals surface area contributed by atoms with Gasteiger partial charge >= 0.3 is 0 Å². The summed E-state index contributed by atoms with van der Waals surface area (Å²) in [6, 6.07) is 5.96. The van der Waals surface area contributed by atoms with Gasteiger partial charge in [0.05, 0.1) is 25.5 Å². The first-order valence-corrected chi connectivity index (χ1v) is 8.46. The maximum Gasteiger partial charge on any atom is 0.230 e. The molecule has 0 aliphatic carbocycles. The number of rotatable bonds is 11. The molecule has 0 unspecified atom stereocenters. The number of nitrogens with one attached hydrogen (secondary N) is 3. The van der Waals surface area contributed by atoms with Gasteiger partial charge in [0.1, 0.15) is 6.04 Å². The standard InChI is InChI=1S/C17H24N4O4S/c1-3-7-19-17(26)21-13-6-4-5-12(10-13)20-15(22)11-14(16(23)24)18-8-9-25-2/h3-6,10,14,18H,1,7-9,11H2,2H3,(H,20,22)(H,23,24)(H2,19,21,26)/t14-/m1/s1. The highest BCUT2D eigenvalue weighted by molar-refractivity contribution is 7.80. The molecular formula is C17H24N4O4S. The van der Waals surface area contributed by atoms with Crippen LogP contribution in [-0.4, -0.2) is 49.8 Å². The molecule has 26 heavy (non-hydrogen) atoms. The van der Waals surface area contributed by atoms with Crippen LogP contribution in [0.5, 0.6) is 0 Å². The van der Waals surface area contributed by atoms with Crippen molar-refractivity contribution in [2.75, 3.05) is 37.4 Å². The predicted molar refractivity (Wildman–Crippen MR) is 102 cm³/mol. The van der Waals surface area contributed by atoms with Crippen LogP contribution in [0.4, 0.5) is 11.4 Å². The summed E-state index contributed by atoms with van der Waals surface area (Å²) in [7, 11) is 1.52. The van der Waals surface area contributed by atoms with E-state index >= 15 is 0 Å². The molecule has 1 atom stereocenters. The zero-order chi connectivity index (χ0) is 19.4. The summed E-state index contributed by atoms with van der Waals surface area (Å²) < 4.78 is 4.87. The third-order valence-electron chi connectivity index (χ3n) is 3.29. The van der Waals surface area contributed by atoms with Crippen LogP contribution in [0.1, 0.15) is 6.42 Å². The third-order valence-corrected chi connectivity index (χ3v) is 3.54. The summed E-state index contributed by atoms with van der Waals surface area (Å²) in [6.07, 6.45) is 1.48. The Labute approximate surface area is 158 Å². The van der Waals surface area contributed by atoms with Crippen LogP contribution in [0.15, 0.2) is 36.9 Å². The Morgan fingerprint density at radius 2 is 2.08 bits per heavy atom. The number of ether oxygens (including phenoxy) is 1. The van der Waals surface area contributed by atoms with Gasteiger partial charge in [-0.3, -0.25) is 4.79 Å². The summed E-state index contributed by atoms with van der Waals surface area (Å²) in [5.74, 6) is -1.71. The van der Waals surface area contributed by atoms with Gasteiger partial charge < -0.3 is 35.9 Å². The number of quaternary nitrogens is 1. The van der Waals surface area contributed by atoms with Gasteiger partial charge in [-0.05, 0) is 30.4 Å². The van der Waals surface area contributed by atoms with E-state index in [4.69, 9.17) is 17.0 Å². The van der Waals surface area contributed by atoms with Crippen molar-refractivity contribution < 1.29 is 24.7 Å². The van der Waals surface area contributed by atoms with Crippen molar-refractivity contribution in [3.63, 3.8) is 0 Å². The molecule has 0 aliphatic rings. The zero-order valence-corrected chi connectivity index (χ0v) is 15.4. The van der Waals surface area contributed by atoms with Gasteiger partial charge in [-0.1, -0.05) is 12.1 Å². The van der Waals surface area contributed by atoms with Gasteiger partial charge in [-0.15, -0.1) is 6.58 Å². The van der Waals surface area contributed by atoms with Crippen LogP contribution >= 0.6 is 12.2 Å². The van der Waals surface area contributed by atoms with Gasteiger partial charge in [0, 0.05) is 25.0 Å². The lowest BCUT2D eigenvalue weighted by Crippen LogP contribution is -2.94. The number of carbonyl (C=O) groups is 2. The Morgan fingerprint density at radius 1 is 1.38 bits per heavy atom. The molecule has 0 bridgehead atoms.